The van der Waals surface area contributed by atoms with Crippen LogP contribution in [0.15, 0.2) is 18.2 Å². The molecule has 3 heteroatoms. The van der Waals surface area contributed by atoms with Crippen molar-refractivity contribution in [2.24, 2.45) is 0 Å². The number of anilines is 1. The molecule has 0 amide bonds. The molecule has 100 valence electrons. The fraction of sp³-hybridized carbons (Fsp3) is 0.600. The number of nitrogens with zero attached hydrogens (tertiary/aromatic N) is 1. The predicted octanol–water partition coefficient (Wildman–Crippen LogP) is 3.90. The maximum atomic E-state index is 5.67. The van der Waals surface area contributed by atoms with Gasteiger partial charge in [0, 0.05) is 31.2 Å². The number of aryl methyl sites for hydroxylation is 1. The summed E-state index contributed by atoms with van der Waals surface area (Å²) in [5.41, 5.74) is 4.04. The van der Waals surface area contributed by atoms with Gasteiger partial charge in [-0.3, -0.25) is 0 Å². The van der Waals surface area contributed by atoms with Gasteiger partial charge in [0.15, 0.2) is 0 Å². The number of piperidine rings is 1. The molecule has 0 radical (unpaired) electrons. The highest BCUT2D eigenvalue weighted by Crippen LogP contribution is 2.30. The second-order valence-corrected chi connectivity index (χ2v) is 5.99. The first-order valence-electron chi connectivity index (χ1n) is 6.53. The quantitative estimate of drug-likeness (QED) is 0.785. The van der Waals surface area contributed by atoms with Crippen molar-refractivity contribution in [3.05, 3.63) is 29.3 Å². The molecule has 1 aliphatic rings. The van der Waals surface area contributed by atoms with Crippen LogP contribution in [0.3, 0.4) is 0 Å². The van der Waals surface area contributed by atoms with E-state index in [-0.39, 0.29) is 5.60 Å². The molecule has 0 spiro atoms. The van der Waals surface area contributed by atoms with Gasteiger partial charge in [-0.2, -0.15) is 0 Å². The van der Waals surface area contributed by atoms with Crippen LogP contribution in [0, 0.1) is 6.92 Å². The Hall–Kier alpha value is -0.540. The minimum Gasteiger partial charge on any atom is -0.377 e. The Labute approximate surface area is 118 Å². The van der Waals surface area contributed by atoms with Crippen LogP contribution in [-0.4, -0.2) is 25.8 Å². The molecule has 0 aliphatic carbocycles. The fourth-order valence-corrected chi connectivity index (χ4v) is 3.08. The summed E-state index contributed by atoms with van der Waals surface area (Å²) >= 11 is 3.51. The lowest BCUT2D eigenvalue weighted by molar-refractivity contribution is -0.00467. The number of ether oxygens (including phenoxy) is 1. The zero-order valence-electron chi connectivity index (χ0n) is 11.5. The topological polar surface area (TPSA) is 12.5 Å². The van der Waals surface area contributed by atoms with Crippen molar-refractivity contribution in [3.63, 3.8) is 0 Å². The molecule has 1 saturated heterocycles. The lowest BCUT2D eigenvalue weighted by atomic mass is 9.93. The molecule has 0 aromatic heterocycles. The fourth-order valence-electron chi connectivity index (χ4n) is 2.73. The standard InChI is InChI=1S/C15H22BrNO/c1-12-9-13(10-16)5-6-14(12)17-8-4-7-15(2,11-17)18-3/h5-6,9H,4,7-8,10-11H2,1-3H3. The second-order valence-electron chi connectivity index (χ2n) is 5.43. The molecule has 1 unspecified atom stereocenters. The molecular formula is C15H22BrNO. The van der Waals surface area contributed by atoms with E-state index in [1.54, 1.807) is 0 Å². The largest absolute Gasteiger partial charge is 0.377 e. The van der Waals surface area contributed by atoms with Gasteiger partial charge in [0.1, 0.15) is 0 Å². The summed E-state index contributed by atoms with van der Waals surface area (Å²) in [4.78, 5) is 2.46. The third kappa shape index (κ3) is 2.89. The predicted molar refractivity (Wildman–Crippen MR) is 80.7 cm³/mol. The molecule has 1 heterocycles. The van der Waals surface area contributed by atoms with Crippen molar-refractivity contribution in [3.8, 4) is 0 Å². The number of alkyl halides is 1. The first kappa shape index (κ1) is 13.9. The van der Waals surface area contributed by atoms with Gasteiger partial charge in [-0.05, 0) is 43.9 Å². The summed E-state index contributed by atoms with van der Waals surface area (Å²) in [6, 6.07) is 6.71. The van der Waals surface area contributed by atoms with Crippen LogP contribution < -0.4 is 4.90 Å². The Morgan fingerprint density at radius 1 is 1.44 bits per heavy atom. The van der Waals surface area contributed by atoms with Crippen LogP contribution in [0.4, 0.5) is 5.69 Å². The van der Waals surface area contributed by atoms with Crippen molar-refractivity contribution in [2.45, 2.75) is 37.6 Å². The summed E-state index contributed by atoms with van der Waals surface area (Å²) in [6.07, 6.45) is 2.35. The molecular weight excluding hydrogens is 290 g/mol. The molecule has 1 aliphatic heterocycles. The number of hydrogen-bond donors (Lipinski definition) is 0. The van der Waals surface area contributed by atoms with E-state index in [0.717, 1.165) is 24.8 Å². The zero-order chi connectivity index (χ0) is 13.2. The second kappa shape index (κ2) is 5.62. The normalized spacial score (nSPS) is 24.3. The number of hydrogen-bond acceptors (Lipinski definition) is 2. The van der Waals surface area contributed by atoms with Crippen LogP contribution in [0.25, 0.3) is 0 Å². The number of benzene rings is 1. The highest BCUT2D eigenvalue weighted by molar-refractivity contribution is 9.08. The Morgan fingerprint density at radius 2 is 2.22 bits per heavy atom. The van der Waals surface area contributed by atoms with E-state index in [0.29, 0.717) is 0 Å². The van der Waals surface area contributed by atoms with Crippen LogP contribution in [0.1, 0.15) is 30.9 Å². The summed E-state index contributed by atoms with van der Waals surface area (Å²) in [7, 11) is 1.82. The van der Waals surface area contributed by atoms with Crippen molar-refractivity contribution in [2.75, 3.05) is 25.1 Å². The van der Waals surface area contributed by atoms with E-state index in [1.807, 2.05) is 7.11 Å². The Kier molecular flexibility index (Phi) is 4.33. The van der Waals surface area contributed by atoms with Gasteiger partial charge < -0.3 is 9.64 Å². The van der Waals surface area contributed by atoms with Gasteiger partial charge in [-0.15, -0.1) is 0 Å². The van der Waals surface area contributed by atoms with Gasteiger partial charge in [-0.25, -0.2) is 0 Å². The lowest BCUT2D eigenvalue weighted by Crippen LogP contribution is -2.47. The summed E-state index contributed by atoms with van der Waals surface area (Å²) < 4.78 is 5.67. The molecule has 1 aromatic rings. The Balaban J connectivity index is 2.21. The van der Waals surface area contributed by atoms with E-state index in [2.05, 4.69) is 52.9 Å². The first-order chi connectivity index (χ1) is 8.58. The summed E-state index contributed by atoms with van der Waals surface area (Å²) in [5, 5.41) is 0.921. The van der Waals surface area contributed by atoms with Crippen LogP contribution >= 0.6 is 15.9 Å². The SMILES string of the molecule is COC1(C)CCCN(c2ccc(CBr)cc2C)C1. The zero-order valence-corrected chi connectivity index (χ0v) is 13.1. The third-order valence-corrected chi connectivity index (χ3v) is 4.56. The lowest BCUT2D eigenvalue weighted by Gasteiger charge is -2.41. The van der Waals surface area contributed by atoms with Crippen LogP contribution in [0.5, 0.6) is 0 Å². The first-order valence-corrected chi connectivity index (χ1v) is 7.66. The van der Waals surface area contributed by atoms with Gasteiger partial charge >= 0.3 is 0 Å². The molecule has 0 saturated carbocycles. The highest BCUT2D eigenvalue weighted by Gasteiger charge is 2.31. The molecule has 0 bridgehead atoms. The van der Waals surface area contributed by atoms with Gasteiger partial charge in [0.2, 0.25) is 0 Å². The minimum atomic E-state index is -0.00121. The Morgan fingerprint density at radius 3 is 2.83 bits per heavy atom. The van der Waals surface area contributed by atoms with Gasteiger partial charge in [0.25, 0.3) is 0 Å². The summed E-state index contributed by atoms with van der Waals surface area (Å²) in [6.45, 7) is 6.52. The third-order valence-electron chi connectivity index (χ3n) is 3.91. The van der Waals surface area contributed by atoms with Crippen LogP contribution in [-0.2, 0) is 10.1 Å². The molecule has 0 N–H and O–H groups in total. The van der Waals surface area contributed by atoms with Crippen molar-refractivity contribution in [1.82, 2.24) is 0 Å². The van der Waals surface area contributed by atoms with Crippen molar-refractivity contribution >= 4 is 21.6 Å². The van der Waals surface area contributed by atoms with Crippen molar-refractivity contribution < 1.29 is 4.74 Å². The monoisotopic (exact) mass is 311 g/mol. The molecule has 1 fully saturated rings. The minimum absolute atomic E-state index is 0.00121. The summed E-state index contributed by atoms with van der Waals surface area (Å²) in [5.74, 6) is 0. The molecule has 2 rings (SSSR count). The average Bonchev–Trinajstić information content (AvgIpc) is 2.38. The van der Waals surface area contributed by atoms with E-state index in [9.17, 15) is 0 Å². The van der Waals surface area contributed by atoms with Crippen LogP contribution in [0.2, 0.25) is 0 Å². The molecule has 18 heavy (non-hydrogen) atoms. The maximum absolute atomic E-state index is 5.67. The van der Waals surface area contributed by atoms with E-state index in [1.165, 1.54) is 23.2 Å². The molecule has 1 aromatic carbocycles. The maximum Gasteiger partial charge on any atom is 0.0825 e. The average molecular weight is 312 g/mol. The smallest absolute Gasteiger partial charge is 0.0825 e. The van der Waals surface area contributed by atoms with E-state index >= 15 is 0 Å². The van der Waals surface area contributed by atoms with Crippen molar-refractivity contribution in [1.29, 1.82) is 0 Å². The van der Waals surface area contributed by atoms with E-state index < -0.39 is 0 Å². The number of halogens is 1. The van der Waals surface area contributed by atoms with Gasteiger partial charge in [0.05, 0.1) is 5.60 Å². The number of rotatable bonds is 3. The van der Waals surface area contributed by atoms with Gasteiger partial charge in [-0.1, -0.05) is 28.1 Å². The molecule has 2 nitrogen and oxygen atoms in total. The highest BCUT2D eigenvalue weighted by atomic mass is 79.9. The Bertz CT molecular complexity index is 421. The molecule has 1 atom stereocenters. The van der Waals surface area contributed by atoms with E-state index in [4.69, 9.17) is 4.74 Å². The number of methoxy groups -OCH3 is 1.